The van der Waals surface area contributed by atoms with Crippen molar-refractivity contribution >= 4 is 6.47 Å². The number of carboxylic acid groups (broad SMARTS) is 1. The van der Waals surface area contributed by atoms with Crippen molar-refractivity contribution in [2.24, 2.45) is 0 Å². The van der Waals surface area contributed by atoms with Crippen LogP contribution in [0.3, 0.4) is 0 Å². The standard InChI is InChI=1S/C18H21N5O2.CH2O2/c1-24-14-4-3-13(9-15(14)25-2)10-16-20-17(22-21-16)18(5-6-18)11-23-8-7-19-12-23;2-1-3/h3-4,7-9,12H,5-6,10-11H2,1-2H3,(H,20,21,22);1H,(H,2,3). The van der Waals surface area contributed by atoms with Crippen molar-refractivity contribution in [1.29, 1.82) is 0 Å². The van der Waals surface area contributed by atoms with Crippen molar-refractivity contribution in [1.82, 2.24) is 24.7 Å². The van der Waals surface area contributed by atoms with Crippen molar-refractivity contribution in [3.63, 3.8) is 0 Å². The number of nitrogens with one attached hydrogen (secondary N) is 1. The minimum Gasteiger partial charge on any atom is -0.493 e. The molecule has 0 unspecified atom stereocenters. The summed E-state index contributed by atoms with van der Waals surface area (Å²) in [6.45, 7) is 0.626. The first-order valence-corrected chi connectivity index (χ1v) is 8.80. The van der Waals surface area contributed by atoms with Gasteiger partial charge in [-0.15, -0.1) is 0 Å². The number of rotatable bonds is 7. The summed E-state index contributed by atoms with van der Waals surface area (Å²) in [7, 11) is 3.27. The van der Waals surface area contributed by atoms with Gasteiger partial charge >= 0.3 is 0 Å². The Bertz CT molecular complexity index is 903. The summed E-state index contributed by atoms with van der Waals surface area (Å²) in [5.41, 5.74) is 1.15. The van der Waals surface area contributed by atoms with E-state index >= 15 is 0 Å². The fourth-order valence-electron chi connectivity index (χ4n) is 3.13. The number of imidazole rings is 1. The summed E-state index contributed by atoms with van der Waals surface area (Å²) in [6, 6.07) is 5.90. The number of hydrogen-bond donors (Lipinski definition) is 2. The van der Waals surface area contributed by atoms with Crippen molar-refractivity contribution in [2.75, 3.05) is 14.2 Å². The third-order valence-electron chi connectivity index (χ3n) is 4.72. The highest BCUT2D eigenvalue weighted by atomic mass is 16.5. The van der Waals surface area contributed by atoms with E-state index in [4.69, 9.17) is 24.4 Å². The van der Waals surface area contributed by atoms with Gasteiger partial charge in [-0.1, -0.05) is 6.07 Å². The van der Waals surface area contributed by atoms with Crippen LogP contribution in [0.2, 0.25) is 0 Å². The van der Waals surface area contributed by atoms with Crippen LogP contribution in [0.5, 0.6) is 11.5 Å². The minimum absolute atomic E-state index is 0.0487. The molecule has 0 bridgehead atoms. The molecule has 0 saturated heterocycles. The molecule has 28 heavy (non-hydrogen) atoms. The molecule has 0 spiro atoms. The van der Waals surface area contributed by atoms with Gasteiger partial charge in [-0.3, -0.25) is 9.89 Å². The smallest absolute Gasteiger partial charge is 0.290 e. The van der Waals surface area contributed by atoms with Gasteiger partial charge in [-0.2, -0.15) is 5.10 Å². The summed E-state index contributed by atoms with van der Waals surface area (Å²) >= 11 is 0. The predicted molar refractivity (Wildman–Crippen MR) is 101 cm³/mol. The molecule has 0 radical (unpaired) electrons. The van der Waals surface area contributed by atoms with Crippen LogP contribution in [0.4, 0.5) is 0 Å². The Morgan fingerprint density at radius 3 is 2.64 bits per heavy atom. The van der Waals surface area contributed by atoms with Gasteiger partial charge in [-0.25, -0.2) is 9.97 Å². The zero-order chi connectivity index (χ0) is 20.0. The molecule has 2 N–H and O–H groups in total. The summed E-state index contributed by atoms with van der Waals surface area (Å²) in [4.78, 5) is 17.2. The zero-order valence-electron chi connectivity index (χ0n) is 15.8. The molecule has 1 aliphatic carbocycles. The van der Waals surface area contributed by atoms with Gasteiger partial charge in [0.15, 0.2) is 17.3 Å². The molecule has 9 heteroatoms. The second kappa shape index (κ2) is 8.55. The number of hydrogen-bond acceptors (Lipinski definition) is 6. The monoisotopic (exact) mass is 385 g/mol. The highest BCUT2D eigenvalue weighted by Crippen LogP contribution is 2.48. The Balaban J connectivity index is 0.000000706. The average molecular weight is 385 g/mol. The second-order valence-corrected chi connectivity index (χ2v) is 6.59. The van der Waals surface area contributed by atoms with E-state index in [9.17, 15) is 0 Å². The molecule has 4 rings (SSSR count). The molecule has 2 aromatic heterocycles. The Morgan fingerprint density at radius 1 is 1.29 bits per heavy atom. The maximum Gasteiger partial charge on any atom is 0.290 e. The van der Waals surface area contributed by atoms with Gasteiger partial charge in [0.2, 0.25) is 0 Å². The van der Waals surface area contributed by atoms with E-state index in [1.54, 1.807) is 20.4 Å². The van der Waals surface area contributed by atoms with Crippen LogP contribution < -0.4 is 9.47 Å². The Labute approximate surface area is 162 Å². The van der Waals surface area contributed by atoms with Crippen molar-refractivity contribution in [2.45, 2.75) is 31.2 Å². The first-order chi connectivity index (χ1) is 13.6. The third kappa shape index (κ3) is 4.30. The van der Waals surface area contributed by atoms with E-state index in [1.165, 1.54) is 0 Å². The molecule has 148 valence electrons. The van der Waals surface area contributed by atoms with E-state index in [1.807, 2.05) is 30.7 Å². The molecule has 0 atom stereocenters. The number of ether oxygens (including phenoxy) is 2. The van der Waals surface area contributed by atoms with Gasteiger partial charge < -0.3 is 19.1 Å². The summed E-state index contributed by atoms with van der Waals surface area (Å²) < 4.78 is 12.7. The van der Waals surface area contributed by atoms with Crippen molar-refractivity contribution in [3.8, 4) is 11.5 Å². The Kier molecular flexibility index (Phi) is 5.93. The maximum absolute atomic E-state index is 8.36. The molecular formula is C19H23N5O4. The minimum atomic E-state index is -0.250. The van der Waals surface area contributed by atoms with Crippen LogP contribution >= 0.6 is 0 Å². The first kappa shape index (κ1) is 19.4. The van der Waals surface area contributed by atoms with Crippen LogP contribution in [-0.4, -0.2) is 50.5 Å². The first-order valence-electron chi connectivity index (χ1n) is 8.80. The lowest BCUT2D eigenvalue weighted by Gasteiger charge is -2.11. The van der Waals surface area contributed by atoms with E-state index in [2.05, 4.69) is 19.7 Å². The van der Waals surface area contributed by atoms with Gasteiger partial charge in [0.25, 0.3) is 6.47 Å². The fourth-order valence-corrected chi connectivity index (χ4v) is 3.13. The molecule has 3 aromatic rings. The number of H-pyrrole nitrogens is 1. The highest BCUT2D eigenvalue weighted by molar-refractivity contribution is 5.43. The van der Waals surface area contributed by atoms with E-state index < -0.39 is 0 Å². The Hall–Kier alpha value is -3.36. The van der Waals surface area contributed by atoms with Crippen LogP contribution in [0.1, 0.15) is 30.1 Å². The number of methoxy groups -OCH3 is 2. The lowest BCUT2D eigenvalue weighted by Crippen LogP contribution is -2.16. The lowest BCUT2D eigenvalue weighted by molar-refractivity contribution is -0.122. The van der Waals surface area contributed by atoms with Gasteiger partial charge in [0.1, 0.15) is 5.82 Å². The number of aromatic amines is 1. The van der Waals surface area contributed by atoms with Gasteiger partial charge in [-0.05, 0) is 30.5 Å². The quantitative estimate of drug-likeness (QED) is 0.598. The predicted octanol–water partition coefficient (Wildman–Crippen LogP) is 2.04. The zero-order valence-corrected chi connectivity index (χ0v) is 15.8. The Morgan fingerprint density at radius 2 is 2.04 bits per heavy atom. The maximum atomic E-state index is 8.36. The molecular weight excluding hydrogens is 362 g/mol. The van der Waals surface area contributed by atoms with Crippen LogP contribution in [0.25, 0.3) is 0 Å². The third-order valence-corrected chi connectivity index (χ3v) is 4.72. The van der Waals surface area contributed by atoms with E-state index in [0.717, 1.165) is 48.1 Å². The van der Waals surface area contributed by atoms with Gasteiger partial charge in [0.05, 0.1) is 26.0 Å². The number of carbonyl (C=O) groups is 1. The lowest BCUT2D eigenvalue weighted by atomic mass is 10.1. The number of aromatic nitrogens is 5. The normalized spacial score (nSPS) is 13.9. The highest BCUT2D eigenvalue weighted by Gasteiger charge is 2.48. The van der Waals surface area contributed by atoms with Gasteiger partial charge in [0, 0.05) is 25.4 Å². The van der Waals surface area contributed by atoms with Crippen molar-refractivity contribution < 1.29 is 19.4 Å². The summed E-state index contributed by atoms with van der Waals surface area (Å²) in [5, 5.41) is 14.5. The van der Waals surface area contributed by atoms with Crippen molar-refractivity contribution in [3.05, 3.63) is 54.1 Å². The molecule has 1 fully saturated rings. The van der Waals surface area contributed by atoms with Crippen LogP contribution in [-0.2, 0) is 23.2 Å². The van der Waals surface area contributed by atoms with Crippen LogP contribution in [0, 0.1) is 0 Å². The van der Waals surface area contributed by atoms with Crippen LogP contribution in [0.15, 0.2) is 36.9 Å². The van der Waals surface area contributed by atoms with E-state index in [0.29, 0.717) is 6.42 Å². The summed E-state index contributed by atoms with van der Waals surface area (Å²) in [5.74, 6) is 3.20. The summed E-state index contributed by atoms with van der Waals surface area (Å²) in [6.07, 6.45) is 8.53. The topological polar surface area (TPSA) is 115 Å². The molecule has 0 aliphatic heterocycles. The molecule has 2 heterocycles. The molecule has 9 nitrogen and oxygen atoms in total. The molecule has 1 aromatic carbocycles. The molecule has 1 saturated carbocycles. The SMILES string of the molecule is COc1ccc(Cc2nc(C3(Cn4ccnc4)CC3)n[nH]2)cc1OC.O=CO. The van der Waals surface area contributed by atoms with E-state index in [-0.39, 0.29) is 11.9 Å². The number of benzene rings is 1. The fraction of sp³-hybridized carbons (Fsp3) is 0.368. The largest absolute Gasteiger partial charge is 0.493 e. The average Bonchev–Trinajstić information content (AvgIpc) is 3.08. The second-order valence-electron chi connectivity index (χ2n) is 6.59. The number of nitrogens with zero attached hydrogens (tertiary/aromatic N) is 4. The molecule has 1 aliphatic rings. The molecule has 0 amide bonds.